The molecule has 1 fully saturated rings. The van der Waals surface area contributed by atoms with Crippen LogP contribution in [-0.4, -0.2) is 17.5 Å². The van der Waals surface area contributed by atoms with Gasteiger partial charge in [0.1, 0.15) is 0 Å². The fourth-order valence-corrected chi connectivity index (χ4v) is 2.31. The van der Waals surface area contributed by atoms with Crippen molar-refractivity contribution < 1.29 is 4.79 Å². The van der Waals surface area contributed by atoms with Gasteiger partial charge in [-0.1, -0.05) is 32.1 Å². The van der Waals surface area contributed by atoms with Crippen LogP contribution >= 0.6 is 0 Å². The molecule has 1 atom stereocenters. The Morgan fingerprint density at radius 3 is 2.69 bits per heavy atom. The van der Waals surface area contributed by atoms with Gasteiger partial charge in [0.05, 0.1) is 6.04 Å². The summed E-state index contributed by atoms with van der Waals surface area (Å²) in [6.07, 6.45) is 11.8. The van der Waals surface area contributed by atoms with Crippen LogP contribution in [0.15, 0.2) is 0 Å². The maximum Gasteiger partial charge on any atom is 0.222 e. The number of carbonyl (C=O) groups is 1. The number of hydrogen-bond acceptors (Lipinski definition) is 2. The fourth-order valence-electron chi connectivity index (χ4n) is 2.31. The van der Waals surface area contributed by atoms with Gasteiger partial charge < -0.3 is 11.1 Å². The van der Waals surface area contributed by atoms with Gasteiger partial charge in [0.15, 0.2) is 0 Å². The van der Waals surface area contributed by atoms with E-state index in [2.05, 4.69) is 18.2 Å². The first-order chi connectivity index (χ1) is 7.59. The van der Waals surface area contributed by atoms with E-state index in [1.54, 1.807) is 0 Å². The quantitative estimate of drug-likeness (QED) is 0.694. The number of nitrogens with two attached hydrogens (primary N) is 1. The van der Waals surface area contributed by atoms with E-state index in [1.165, 1.54) is 0 Å². The Labute approximate surface area is 98.2 Å². The summed E-state index contributed by atoms with van der Waals surface area (Å²) in [6, 6.07) is -0.137. The molecule has 1 aliphatic carbocycles. The normalized spacial score (nSPS) is 20.1. The van der Waals surface area contributed by atoms with E-state index in [9.17, 15) is 4.79 Å². The largest absolute Gasteiger partial charge is 0.342 e. The summed E-state index contributed by atoms with van der Waals surface area (Å²) in [5, 5.41) is 2.86. The second-order valence-electron chi connectivity index (χ2n) is 4.82. The Kier molecular flexibility index (Phi) is 4.82. The van der Waals surface area contributed by atoms with Crippen molar-refractivity contribution in [1.29, 1.82) is 0 Å². The van der Waals surface area contributed by atoms with Gasteiger partial charge >= 0.3 is 0 Å². The van der Waals surface area contributed by atoms with Crippen LogP contribution < -0.4 is 11.1 Å². The van der Waals surface area contributed by atoms with Crippen LogP contribution in [0, 0.1) is 12.3 Å². The zero-order chi connectivity index (χ0) is 12.0. The third-order valence-corrected chi connectivity index (χ3v) is 3.23. The number of carbonyl (C=O) groups excluding carboxylic acids is 1. The average molecular weight is 222 g/mol. The average Bonchev–Trinajstić information content (AvgIpc) is 2.63. The van der Waals surface area contributed by atoms with Gasteiger partial charge in [-0.05, 0) is 19.3 Å². The van der Waals surface area contributed by atoms with Crippen molar-refractivity contribution in [2.75, 3.05) is 0 Å². The SMILES string of the molecule is C#CC(CCC)NC(=O)CC1(N)CCCC1. The van der Waals surface area contributed by atoms with Gasteiger partial charge in [-0.15, -0.1) is 6.42 Å². The van der Waals surface area contributed by atoms with Crippen molar-refractivity contribution in [2.24, 2.45) is 5.73 Å². The number of rotatable bonds is 5. The Bertz CT molecular complexity index is 274. The molecule has 3 heteroatoms. The lowest BCUT2D eigenvalue weighted by Gasteiger charge is -2.23. The lowest BCUT2D eigenvalue weighted by atomic mass is 9.94. The summed E-state index contributed by atoms with van der Waals surface area (Å²) in [4.78, 5) is 11.8. The molecule has 16 heavy (non-hydrogen) atoms. The third-order valence-electron chi connectivity index (χ3n) is 3.23. The van der Waals surface area contributed by atoms with Gasteiger partial charge in [-0.3, -0.25) is 4.79 Å². The van der Waals surface area contributed by atoms with Crippen molar-refractivity contribution in [3.63, 3.8) is 0 Å². The van der Waals surface area contributed by atoms with Gasteiger partial charge in [0, 0.05) is 12.0 Å². The molecule has 0 bridgehead atoms. The molecule has 0 aromatic heterocycles. The van der Waals surface area contributed by atoms with E-state index in [1.807, 2.05) is 0 Å². The van der Waals surface area contributed by atoms with E-state index in [0.29, 0.717) is 6.42 Å². The molecule has 3 nitrogen and oxygen atoms in total. The molecule has 0 heterocycles. The van der Waals surface area contributed by atoms with E-state index >= 15 is 0 Å². The molecular formula is C13H22N2O. The molecule has 0 spiro atoms. The summed E-state index contributed by atoms with van der Waals surface area (Å²) in [6.45, 7) is 2.05. The van der Waals surface area contributed by atoms with Crippen molar-refractivity contribution >= 4 is 5.91 Å². The molecule has 1 aliphatic rings. The van der Waals surface area contributed by atoms with Crippen molar-refractivity contribution in [3.05, 3.63) is 0 Å². The maximum atomic E-state index is 11.8. The lowest BCUT2D eigenvalue weighted by molar-refractivity contribution is -0.122. The Hall–Kier alpha value is -1.01. The molecule has 1 amide bonds. The van der Waals surface area contributed by atoms with Crippen molar-refractivity contribution in [1.82, 2.24) is 5.32 Å². The highest BCUT2D eigenvalue weighted by atomic mass is 16.1. The molecule has 1 unspecified atom stereocenters. The molecule has 0 aromatic carbocycles. The molecule has 0 aromatic rings. The Balaban J connectivity index is 2.37. The topological polar surface area (TPSA) is 55.1 Å². The van der Waals surface area contributed by atoms with Crippen molar-refractivity contribution in [2.45, 2.75) is 63.5 Å². The third kappa shape index (κ3) is 3.86. The minimum absolute atomic E-state index is 0.000741. The fraction of sp³-hybridized carbons (Fsp3) is 0.769. The van der Waals surface area contributed by atoms with Crippen LogP contribution in [-0.2, 0) is 4.79 Å². The predicted molar refractivity (Wildman–Crippen MR) is 65.7 cm³/mol. The van der Waals surface area contributed by atoms with E-state index in [-0.39, 0.29) is 17.5 Å². The summed E-state index contributed by atoms with van der Waals surface area (Å²) in [5.74, 6) is 2.60. The molecule has 1 saturated carbocycles. The number of amides is 1. The Morgan fingerprint density at radius 2 is 2.19 bits per heavy atom. The first-order valence-electron chi connectivity index (χ1n) is 6.14. The highest BCUT2D eigenvalue weighted by molar-refractivity contribution is 5.78. The van der Waals surface area contributed by atoms with E-state index in [4.69, 9.17) is 12.2 Å². The van der Waals surface area contributed by atoms with Crippen molar-refractivity contribution in [3.8, 4) is 12.3 Å². The molecule has 0 aliphatic heterocycles. The summed E-state index contributed by atoms with van der Waals surface area (Å²) in [7, 11) is 0. The van der Waals surface area contributed by atoms with E-state index in [0.717, 1.165) is 38.5 Å². The van der Waals surface area contributed by atoms with Gasteiger partial charge in [-0.25, -0.2) is 0 Å². The first kappa shape index (κ1) is 13.1. The zero-order valence-corrected chi connectivity index (χ0v) is 10.1. The highest BCUT2D eigenvalue weighted by Crippen LogP contribution is 2.29. The molecule has 1 rings (SSSR count). The molecule has 3 N–H and O–H groups in total. The summed E-state index contributed by atoms with van der Waals surface area (Å²) < 4.78 is 0. The lowest BCUT2D eigenvalue weighted by Crippen LogP contribution is -2.44. The molecule has 90 valence electrons. The Morgan fingerprint density at radius 1 is 1.56 bits per heavy atom. The summed E-state index contributed by atoms with van der Waals surface area (Å²) >= 11 is 0. The minimum Gasteiger partial charge on any atom is -0.342 e. The first-order valence-corrected chi connectivity index (χ1v) is 6.14. The van der Waals surface area contributed by atoms with Crippen LogP contribution in [0.25, 0.3) is 0 Å². The van der Waals surface area contributed by atoms with E-state index < -0.39 is 0 Å². The predicted octanol–water partition coefficient (Wildman–Crippen LogP) is 1.57. The van der Waals surface area contributed by atoms with Crippen LogP contribution in [0.1, 0.15) is 51.9 Å². The standard InChI is InChI=1S/C13H22N2O/c1-3-7-11(4-2)15-12(16)10-13(14)8-5-6-9-13/h2,11H,3,5-10,14H2,1H3,(H,15,16). The number of nitrogens with one attached hydrogen (secondary N) is 1. The zero-order valence-electron chi connectivity index (χ0n) is 10.1. The molecular weight excluding hydrogens is 200 g/mol. The van der Waals surface area contributed by atoms with Crippen LogP contribution in [0.4, 0.5) is 0 Å². The number of terminal acetylenes is 1. The van der Waals surface area contributed by atoms with Crippen LogP contribution in [0.5, 0.6) is 0 Å². The minimum atomic E-state index is -0.282. The van der Waals surface area contributed by atoms with Gasteiger partial charge in [-0.2, -0.15) is 0 Å². The molecule has 0 radical (unpaired) electrons. The van der Waals surface area contributed by atoms with Crippen LogP contribution in [0.3, 0.4) is 0 Å². The monoisotopic (exact) mass is 222 g/mol. The maximum absolute atomic E-state index is 11.8. The number of hydrogen-bond donors (Lipinski definition) is 2. The van der Waals surface area contributed by atoms with Gasteiger partial charge in [0.25, 0.3) is 0 Å². The second-order valence-corrected chi connectivity index (χ2v) is 4.82. The van der Waals surface area contributed by atoms with Crippen LogP contribution in [0.2, 0.25) is 0 Å². The summed E-state index contributed by atoms with van der Waals surface area (Å²) in [5.41, 5.74) is 5.86. The van der Waals surface area contributed by atoms with Gasteiger partial charge in [0.2, 0.25) is 5.91 Å². The molecule has 0 saturated heterocycles. The highest BCUT2D eigenvalue weighted by Gasteiger charge is 2.31. The second kappa shape index (κ2) is 5.91. The smallest absolute Gasteiger partial charge is 0.222 e.